The van der Waals surface area contributed by atoms with Gasteiger partial charge in [0.25, 0.3) is 0 Å². The van der Waals surface area contributed by atoms with Crippen LogP contribution < -0.4 is 5.32 Å². The highest BCUT2D eigenvalue weighted by Gasteiger charge is 2.03. The van der Waals surface area contributed by atoms with Gasteiger partial charge in [0.15, 0.2) is 0 Å². The Morgan fingerprint density at radius 3 is 2.71 bits per heavy atom. The van der Waals surface area contributed by atoms with E-state index in [0.717, 1.165) is 11.5 Å². The Labute approximate surface area is 103 Å². The minimum Gasteiger partial charge on any atom is -0.372 e. The van der Waals surface area contributed by atoms with Gasteiger partial charge in [-0.1, -0.05) is 12.1 Å². The molecule has 0 spiro atoms. The summed E-state index contributed by atoms with van der Waals surface area (Å²) in [6.07, 6.45) is 3.36. The largest absolute Gasteiger partial charge is 0.372 e. The van der Waals surface area contributed by atoms with Crippen LogP contribution in [0.15, 0.2) is 41.6 Å². The first-order chi connectivity index (χ1) is 8.29. The Morgan fingerprint density at radius 1 is 1.24 bits per heavy atom. The quantitative estimate of drug-likeness (QED) is 0.845. The van der Waals surface area contributed by atoms with Crippen LogP contribution in [0.25, 0.3) is 0 Å². The molecule has 2 rings (SSSR count). The third-order valence-electron chi connectivity index (χ3n) is 2.17. The molecule has 0 radical (unpaired) electrons. The summed E-state index contributed by atoms with van der Waals surface area (Å²) >= 11 is 1.42. The monoisotopic (exact) mass is 249 g/mol. The molecule has 0 saturated heterocycles. The standard InChI is InChI=1S/C12H12FN3S/c1-14-12-7-15-9(6-16-12)8-17-11-5-3-2-4-10(11)13/h2-7H,8H2,1H3,(H,14,16). The van der Waals surface area contributed by atoms with Gasteiger partial charge in [-0.25, -0.2) is 9.37 Å². The van der Waals surface area contributed by atoms with Crippen LogP contribution in [0.2, 0.25) is 0 Å². The van der Waals surface area contributed by atoms with Gasteiger partial charge < -0.3 is 5.32 Å². The second kappa shape index (κ2) is 5.63. The average molecular weight is 249 g/mol. The van der Waals surface area contributed by atoms with E-state index >= 15 is 0 Å². The molecule has 0 aliphatic carbocycles. The summed E-state index contributed by atoms with van der Waals surface area (Å²) in [5, 5.41) is 2.90. The molecule has 1 aromatic heterocycles. The van der Waals surface area contributed by atoms with E-state index in [9.17, 15) is 4.39 Å². The Hall–Kier alpha value is -1.62. The molecule has 0 unspecified atom stereocenters. The van der Waals surface area contributed by atoms with Gasteiger partial charge in [-0.15, -0.1) is 11.8 Å². The van der Waals surface area contributed by atoms with Crippen molar-refractivity contribution in [1.29, 1.82) is 0 Å². The Morgan fingerprint density at radius 2 is 2.06 bits per heavy atom. The number of hydrogen-bond acceptors (Lipinski definition) is 4. The predicted octanol–water partition coefficient (Wildman–Crippen LogP) is 2.95. The van der Waals surface area contributed by atoms with Crippen LogP contribution in [0.4, 0.5) is 10.2 Å². The van der Waals surface area contributed by atoms with Crippen LogP contribution in [-0.2, 0) is 5.75 Å². The summed E-state index contributed by atoms with van der Waals surface area (Å²) in [4.78, 5) is 9.01. The minimum absolute atomic E-state index is 0.197. The first-order valence-electron chi connectivity index (χ1n) is 5.15. The highest BCUT2D eigenvalue weighted by molar-refractivity contribution is 7.98. The van der Waals surface area contributed by atoms with Crippen LogP contribution in [0, 0.1) is 5.82 Å². The number of nitrogens with zero attached hydrogens (tertiary/aromatic N) is 2. The number of aromatic nitrogens is 2. The zero-order chi connectivity index (χ0) is 12.1. The van der Waals surface area contributed by atoms with Crippen molar-refractivity contribution in [3.63, 3.8) is 0 Å². The fourth-order valence-electron chi connectivity index (χ4n) is 1.27. The second-order valence-corrected chi connectivity index (χ2v) is 4.38. The molecule has 17 heavy (non-hydrogen) atoms. The van der Waals surface area contributed by atoms with Crippen molar-refractivity contribution in [3.8, 4) is 0 Å². The van der Waals surface area contributed by atoms with Gasteiger partial charge in [0, 0.05) is 17.7 Å². The second-order valence-electron chi connectivity index (χ2n) is 3.36. The Bertz CT molecular complexity index is 487. The molecular weight excluding hydrogens is 237 g/mol. The van der Waals surface area contributed by atoms with Crippen LogP contribution in [0.5, 0.6) is 0 Å². The van der Waals surface area contributed by atoms with Crippen molar-refractivity contribution < 1.29 is 4.39 Å². The Balaban J connectivity index is 2.00. The summed E-state index contributed by atoms with van der Waals surface area (Å²) in [5.41, 5.74) is 0.831. The topological polar surface area (TPSA) is 37.8 Å². The van der Waals surface area contributed by atoms with Crippen LogP contribution >= 0.6 is 11.8 Å². The van der Waals surface area contributed by atoms with E-state index in [-0.39, 0.29) is 5.82 Å². The highest BCUT2D eigenvalue weighted by Crippen LogP contribution is 2.24. The van der Waals surface area contributed by atoms with Crippen molar-refractivity contribution in [2.24, 2.45) is 0 Å². The summed E-state index contributed by atoms with van der Waals surface area (Å²) < 4.78 is 13.3. The van der Waals surface area contributed by atoms with E-state index in [1.807, 2.05) is 6.07 Å². The average Bonchev–Trinajstić information content (AvgIpc) is 2.38. The molecule has 1 N–H and O–H groups in total. The van der Waals surface area contributed by atoms with Crippen LogP contribution in [-0.4, -0.2) is 17.0 Å². The number of halogens is 1. The zero-order valence-electron chi connectivity index (χ0n) is 9.35. The first kappa shape index (κ1) is 11.9. The smallest absolute Gasteiger partial charge is 0.144 e. The number of hydrogen-bond donors (Lipinski definition) is 1. The summed E-state index contributed by atoms with van der Waals surface area (Å²) in [7, 11) is 1.79. The molecule has 2 aromatic rings. The summed E-state index contributed by atoms with van der Waals surface area (Å²) in [6, 6.07) is 6.72. The fraction of sp³-hybridized carbons (Fsp3) is 0.167. The third kappa shape index (κ3) is 3.17. The minimum atomic E-state index is -0.197. The maximum Gasteiger partial charge on any atom is 0.144 e. The molecule has 5 heteroatoms. The van der Waals surface area contributed by atoms with E-state index in [1.165, 1.54) is 17.8 Å². The third-order valence-corrected chi connectivity index (χ3v) is 3.26. The molecule has 0 saturated carbocycles. The lowest BCUT2D eigenvalue weighted by Gasteiger charge is -2.03. The van der Waals surface area contributed by atoms with Crippen molar-refractivity contribution in [1.82, 2.24) is 9.97 Å². The van der Waals surface area contributed by atoms with Gasteiger partial charge in [-0.3, -0.25) is 4.98 Å². The van der Waals surface area contributed by atoms with Crippen molar-refractivity contribution in [2.45, 2.75) is 10.6 Å². The van der Waals surface area contributed by atoms with Gasteiger partial charge in [-0.05, 0) is 12.1 Å². The molecule has 0 aliphatic heterocycles. The van der Waals surface area contributed by atoms with Gasteiger partial charge in [0.1, 0.15) is 11.6 Å². The maximum absolute atomic E-state index is 13.3. The molecule has 1 aromatic carbocycles. The molecule has 0 fully saturated rings. The van der Waals surface area contributed by atoms with E-state index in [4.69, 9.17) is 0 Å². The van der Waals surface area contributed by atoms with Gasteiger partial charge >= 0.3 is 0 Å². The molecule has 0 atom stereocenters. The van der Waals surface area contributed by atoms with Gasteiger partial charge in [0.05, 0.1) is 18.1 Å². The SMILES string of the molecule is CNc1cnc(CSc2ccccc2F)cn1. The number of benzene rings is 1. The molecule has 88 valence electrons. The number of nitrogens with one attached hydrogen (secondary N) is 1. The molecule has 1 heterocycles. The fourth-order valence-corrected chi connectivity index (χ4v) is 2.11. The lowest BCUT2D eigenvalue weighted by atomic mass is 10.3. The normalized spacial score (nSPS) is 10.2. The number of anilines is 1. The van der Waals surface area contributed by atoms with E-state index in [2.05, 4.69) is 15.3 Å². The van der Waals surface area contributed by atoms with E-state index in [0.29, 0.717) is 10.6 Å². The van der Waals surface area contributed by atoms with Crippen molar-refractivity contribution >= 4 is 17.6 Å². The lowest BCUT2D eigenvalue weighted by Crippen LogP contribution is -1.95. The van der Waals surface area contributed by atoms with Gasteiger partial charge in [0.2, 0.25) is 0 Å². The van der Waals surface area contributed by atoms with Crippen LogP contribution in [0.3, 0.4) is 0 Å². The van der Waals surface area contributed by atoms with E-state index < -0.39 is 0 Å². The van der Waals surface area contributed by atoms with Crippen molar-refractivity contribution in [3.05, 3.63) is 48.2 Å². The molecule has 0 amide bonds. The maximum atomic E-state index is 13.3. The van der Waals surface area contributed by atoms with Gasteiger partial charge in [-0.2, -0.15) is 0 Å². The molecular formula is C12H12FN3S. The summed E-state index contributed by atoms with van der Waals surface area (Å²) in [5.74, 6) is 1.14. The molecule has 0 aliphatic rings. The van der Waals surface area contributed by atoms with E-state index in [1.54, 1.807) is 31.6 Å². The zero-order valence-corrected chi connectivity index (χ0v) is 10.2. The highest BCUT2D eigenvalue weighted by atomic mass is 32.2. The summed E-state index contributed by atoms with van der Waals surface area (Å²) in [6.45, 7) is 0. The van der Waals surface area contributed by atoms with Crippen molar-refractivity contribution in [2.75, 3.05) is 12.4 Å². The first-order valence-corrected chi connectivity index (χ1v) is 6.14. The van der Waals surface area contributed by atoms with Crippen LogP contribution in [0.1, 0.15) is 5.69 Å². The lowest BCUT2D eigenvalue weighted by molar-refractivity contribution is 0.602. The molecule has 3 nitrogen and oxygen atoms in total. The molecule has 0 bridgehead atoms. The predicted molar refractivity (Wildman–Crippen MR) is 67.5 cm³/mol. The number of thioether (sulfide) groups is 1. The number of rotatable bonds is 4. The Kier molecular flexibility index (Phi) is 3.93.